The van der Waals surface area contributed by atoms with Gasteiger partial charge in [-0.15, -0.1) is 0 Å². The first-order valence-electron chi connectivity index (χ1n) is 11.8. The van der Waals surface area contributed by atoms with E-state index in [2.05, 4.69) is 56.4 Å². The zero-order chi connectivity index (χ0) is 26.5. The van der Waals surface area contributed by atoms with E-state index in [-0.39, 0.29) is 5.91 Å². The third kappa shape index (κ3) is 5.54. The molecule has 1 aromatic heterocycles. The summed E-state index contributed by atoms with van der Waals surface area (Å²) in [5, 5.41) is 17.0. The first-order chi connectivity index (χ1) is 17.9. The van der Waals surface area contributed by atoms with Crippen LogP contribution in [0.25, 0.3) is 11.3 Å². The second-order valence-corrected chi connectivity index (χ2v) is 8.90. The average Bonchev–Trinajstić information content (AvgIpc) is 2.88. The van der Waals surface area contributed by atoms with Crippen molar-refractivity contribution in [2.75, 3.05) is 62.2 Å². The van der Waals surface area contributed by atoms with E-state index >= 15 is 0 Å². The molecule has 0 atom stereocenters. The first kappa shape index (κ1) is 25.6. The molecule has 0 radical (unpaired) electrons. The van der Waals surface area contributed by atoms with E-state index in [9.17, 15) is 4.79 Å². The van der Waals surface area contributed by atoms with E-state index in [1.54, 1.807) is 7.11 Å². The number of carbonyl (C=O) groups is 1. The number of amides is 1. The summed E-state index contributed by atoms with van der Waals surface area (Å²) in [5.41, 5.74) is 5.36. The maximum Gasteiger partial charge on any atom is 0.247 e. The number of benzene rings is 2. The fraction of sp³-hybridized carbons (Fsp3) is 0.259. The van der Waals surface area contributed by atoms with Gasteiger partial charge in [0.25, 0.3) is 0 Å². The van der Waals surface area contributed by atoms with Crippen LogP contribution in [0.2, 0.25) is 0 Å². The van der Waals surface area contributed by atoms with Crippen LogP contribution in [0.3, 0.4) is 0 Å². The van der Waals surface area contributed by atoms with Crippen molar-refractivity contribution in [3.8, 4) is 17.0 Å². The van der Waals surface area contributed by atoms with Crippen LogP contribution in [-0.2, 0) is 4.79 Å². The fourth-order valence-electron chi connectivity index (χ4n) is 4.15. The normalized spacial score (nSPS) is 13.1. The summed E-state index contributed by atoms with van der Waals surface area (Å²) in [7, 11) is 7.56. The van der Waals surface area contributed by atoms with E-state index in [0.717, 1.165) is 35.6 Å². The predicted octanol–water partition coefficient (Wildman–Crippen LogP) is 3.81. The van der Waals surface area contributed by atoms with E-state index in [0.29, 0.717) is 34.7 Å². The van der Waals surface area contributed by atoms with E-state index in [4.69, 9.17) is 10.1 Å². The maximum atomic E-state index is 12.2. The average molecular weight is 501 g/mol. The van der Waals surface area contributed by atoms with Crippen LogP contribution in [0.1, 0.15) is 5.56 Å². The van der Waals surface area contributed by atoms with Crippen molar-refractivity contribution in [1.82, 2.24) is 14.9 Å². The van der Waals surface area contributed by atoms with Gasteiger partial charge >= 0.3 is 0 Å². The topological polar surface area (TPSA) is 118 Å². The van der Waals surface area contributed by atoms with Gasteiger partial charge < -0.3 is 35.9 Å². The quantitative estimate of drug-likeness (QED) is 0.245. The summed E-state index contributed by atoms with van der Waals surface area (Å²) in [6.45, 7) is 5.27. The minimum Gasteiger partial charge on any atom is -0.494 e. The van der Waals surface area contributed by atoms with Crippen molar-refractivity contribution in [3.05, 3.63) is 60.9 Å². The number of nitrogens with zero attached hydrogens (tertiary/aromatic N) is 4. The molecule has 0 saturated carbocycles. The number of anilines is 5. The van der Waals surface area contributed by atoms with Gasteiger partial charge in [-0.05, 0) is 38.4 Å². The van der Waals surface area contributed by atoms with E-state index in [1.807, 2.05) is 43.4 Å². The third-order valence-electron chi connectivity index (χ3n) is 6.40. The Labute approximate surface area is 216 Å². The molecule has 1 saturated heterocycles. The monoisotopic (exact) mass is 500 g/mol. The fourth-order valence-corrected chi connectivity index (χ4v) is 4.15. The highest BCUT2D eigenvalue weighted by Crippen LogP contribution is 2.40. The number of aromatic nitrogens is 2. The molecule has 4 N–H and O–H groups in total. The number of hydrogen-bond donors (Lipinski definition) is 4. The van der Waals surface area contributed by atoms with Gasteiger partial charge in [0, 0.05) is 61.3 Å². The Balaban J connectivity index is 1.66. The van der Waals surface area contributed by atoms with Gasteiger partial charge in [-0.1, -0.05) is 12.6 Å². The summed E-state index contributed by atoms with van der Waals surface area (Å²) in [4.78, 5) is 25.4. The molecule has 37 heavy (non-hydrogen) atoms. The third-order valence-corrected chi connectivity index (χ3v) is 6.40. The predicted molar refractivity (Wildman–Crippen MR) is 150 cm³/mol. The molecular formula is C27H32N8O2. The molecule has 0 aliphatic carbocycles. The molecule has 10 heteroatoms. The molecular weight excluding hydrogens is 468 g/mol. The number of carbonyl (C=O) groups excluding carboxylic acids is 1. The van der Waals surface area contributed by atoms with Crippen molar-refractivity contribution >= 4 is 40.7 Å². The van der Waals surface area contributed by atoms with Crippen LogP contribution >= 0.6 is 0 Å². The molecule has 0 unspecified atom stereocenters. The highest BCUT2D eigenvalue weighted by molar-refractivity contribution is 6.02. The summed E-state index contributed by atoms with van der Waals surface area (Å²) in [6, 6.07) is 11.8. The van der Waals surface area contributed by atoms with Gasteiger partial charge in [-0.2, -0.15) is 0 Å². The summed E-state index contributed by atoms with van der Waals surface area (Å²) in [5.74, 6) is 0.880. The number of rotatable bonds is 10. The van der Waals surface area contributed by atoms with Crippen molar-refractivity contribution in [2.45, 2.75) is 6.04 Å². The van der Waals surface area contributed by atoms with Gasteiger partial charge in [0.15, 0.2) is 0 Å². The zero-order valence-corrected chi connectivity index (χ0v) is 21.5. The smallest absolute Gasteiger partial charge is 0.247 e. The van der Waals surface area contributed by atoms with Gasteiger partial charge in [0.05, 0.1) is 29.9 Å². The van der Waals surface area contributed by atoms with Gasteiger partial charge in [0.2, 0.25) is 5.91 Å². The van der Waals surface area contributed by atoms with Gasteiger partial charge in [-0.25, -0.2) is 9.97 Å². The lowest BCUT2D eigenvalue weighted by Gasteiger charge is -2.45. The molecule has 10 nitrogen and oxygen atoms in total. The lowest BCUT2D eigenvalue weighted by molar-refractivity contribution is -0.111. The number of methoxy groups -OCH3 is 1. The molecule has 1 aliphatic heterocycles. The van der Waals surface area contributed by atoms with Crippen LogP contribution in [0.5, 0.6) is 5.75 Å². The Morgan fingerprint density at radius 2 is 1.95 bits per heavy atom. The Morgan fingerprint density at radius 1 is 1.16 bits per heavy atom. The van der Waals surface area contributed by atoms with Crippen LogP contribution in [0.4, 0.5) is 28.6 Å². The lowest BCUT2D eigenvalue weighted by Crippen LogP contribution is -2.57. The second kappa shape index (κ2) is 11.1. The molecule has 1 fully saturated rings. The van der Waals surface area contributed by atoms with Crippen molar-refractivity contribution < 1.29 is 9.53 Å². The molecule has 3 aromatic rings. The van der Waals surface area contributed by atoms with Crippen LogP contribution in [0, 0.1) is 5.41 Å². The molecule has 0 spiro atoms. The molecule has 1 aliphatic rings. The second-order valence-electron chi connectivity index (χ2n) is 8.90. The minimum atomic E-state index is -0.293. The molecule has 2 heterocycles. The van der Waals surface area contributed by atoms with Gasteiger partial charge in [0.1, 0.15) is 17.9 Å². The largest absolute Gasteiger partial charge is 0.494 e. The first-order valence-corrected chi connectivity index (χ1v) is 11.8. The van der Waals surface area contributed by atoms with E-state index in [1.165, 1.54) is 18.6 Å². The van der Waals surface area contributed by atoms with Gasteiger partial charge in [-0.3, -0.25) is 4.79 Å². The maximum absolute atomic E-state index is 12.2. The standard InChI is InChI=1S/C27H32N8O2/c1-6-27(36)33-22-10-23(25(37-5)12-24(22)35-14-19(15-35)34(3)4)32-26-11-21(30-16-31-26)17-7-8-20(29-2)18(9-17)13-28/h6-13,16,19,28-29H,1,14-15H2,2-5H3,(H,33,36)(H,30,31,32). The minimum absolute atomic E-state index is 0.293. The van der Waals surface area contributed by atoms with Crippen molar-refractivity contribution in [2.24, 2.45) is 0 Å². The number of nitrogens with one attached hydrogen (secondary N) is 4. The summed E-state index contributed by atoms with van der Waals surface area (Å²) >= 11 is 0. The number of hydrogen-bond acceptors (Lipinski definition) is 9. The van der Waals surface area contributed by atoms with Crippen molar-refractivity contribution in [3.63, 3.8) is 0 Å². The van der Waals surface area contributed by atoms with Crippen LogP contribution in [-0.4, -0.2) is 74.4 Å². The Hall–Kier alpha value is -4.44. The highest BCUT2D eigenvalue weighted by atomic mass is 16.5. The number of ether oxygens (including phenoxy) is 1. The molecule has 1 amide bonds. The Kier molecular flexibility index (Phi) is 7.69. The number of likely N-dealkylation sites (N-methyl/N-ethyl adjacent to an activating group) is 1. The van der Waals surface area contributed by atoms with E-state index < -0.39 is 0 Å². The van der Waals surface area contributed by atoms with Crippen LogP contribution < -0.4 is 25.6 Å². The summed E-state index contributed by atoms with van der Waals surface area (Å²) < 4.78 is 5.70. The highest BCUT2D eigenvalue weighted by Gasteiger charge is 2.31. The molecule has 192 valence electrons. The molecule has 4 rings (SSSR count). The SMILES string of the molecule is C=CC(=O)Nc1cc(Nc2cc(-c3ccc(NC)c(C=N)c3)ncn2)c(OC)cc1N1CC(N(C)C)C1. The molecule has 2 aromatic carbocycles. The Morgan fingerprint density at radius 3 is 2.59 bits per heavy atom. The van der Waals surface area contributed by atoms with Crippen molar-refractivity contribution in [1.29, 1.82) is 5.41 Å². The zero-order valence-electron chi connectivity index (χ0n) is 21.5. The Bertz CT molecular complexity index is 1320. The summed E-state index contributed by atoms with van der Waals surface area (Å²) in [6.07, 6.45) is 4.04. The van der Waals surface area contributed by atoms with Crippen LogP contribution in [0.15, 0.2) is 55.4 Å². The molecule has 0 bridgehead atoms. The lowest BCUT2D eigenvalue weighted by atomic mass is 10.0.